The number of rotatable bonds is 16. The molecule has 3 amide bonds. The summed E-state index contributed by atoms with van der Waals surface area (Å²) in [6.45, 7) is 9.96. The SMILES string of the molecule is CC(C)(C)OC[C@@H](NC(=O)[C@H](NC(=O)COc1ccc(C2C(SCC(=O)c3ccc(F)cc3)C(=O)N2c2ccc(F)cc2)cc1)c1ccccc1)C(=O)OC(C)(C)C. The zero-order valence-corrected chi connectivity index (χ0v) is 33.9. The van der Waals surface area contributed by atoms with Gasteiger partial charge in [0.2, 0.25) is 11.8 Å². The van der Waals surface area contributed by atoms with E-state index in [9.17, 15) is 32.8 Å². The molecule has 0 radical (unpaired) electrons. The van der Waals surface area contributed by atoms with Gasteiger partial charge in [-0.25, -0.2) is 13.6 Å². The summed E-state index contributed by atoms with van der Waals surface area (Å²) in [5.74, 6) is -3.13. The van der Waals surface area contributed by atoms with Gasteiger partial charge in [0.05, 0.1) is 24.0 Å². The minimum Gasteiger partial charge on any atom is -0.484 e. The van der Waals surface area contributed by atoms with E-state index in [1.807, 2.05) is 20.8 Å². The molecule has 0 aromatic heterocycles. The summed E-state index contributed by atoms with van der Waals surface area (Å²) in [6, 6.07) is 23.1. The van der Waals surface area contributed by atoms with E-state index in [1.165, 1.54) is 53.4 Å². The highest BCUT2D eigenvalue weighted by atomic mass is 32.2. The van der Waals surface area contributed by atoms with Gasteiger partial charge in [-0.3, -0.25) is 19.2 Å². The molecule has 4 aromatic carbocycles. The maximum absolute atomic E-state index is 13.8. The third kappa shape index (κ3) is 12.0. The number of esters is 1. The zero-order valence-electron chi connectivity index (χ0n) is 33.1. The van der Waals surface area contributed by atoms with Gasteiger partial charge in [0, 0.05) is 11.3 Å². The third-order valence-electron chi connectivity index (χ3n) is 8.69. The van der Waals surface area contributed by atoms with Crippen molar-refractivity contribution >= 4 is 46.9 Å². The number of Topliss-reactive ketones (excluding diaryl/α,β-unsaturated/α-hetero) is 1. The van der Waals surface area contributed by atoms with E-state index >= 15 is 0 Å². The molecular weight excluding hydrogens is 769 g/mol. The number of benzene rings is 4. The van der Waals surface area contributed by atoms with Crippen molar-refractivity contribution in [2.75, 3.05) is 23.9 Å². The van der Waals surface area contributed by atoms with E-state index in [4.69, 9.17) is 14.2 Å². The van der Waals surface area contributed by atoms with Gasteiger partial charge in [-0.1, -0.05) is 42.5 Å². The lowest BCUT2D eigenvalue weighted by Gasteiger charge is -2.47. The third-order valence-corrected chi connectivity index (χ3v) is 9.94. The van der Waals surface area contributed by atoms with Crippen molar-refractivity contribution in [3.63, 3.8) is 0 Å². The van der Waals surface area contributed by atoms with Crippen molar-refractivity contribution in [1.82, 2.24) is 10.6 Å². The van der Waals surface area contributed by atoms with E-state index in [-0.39, 0.29) is 24.1 Å². The van der Waals surface area contributed by atoms with Crippen LogP contribution in [-0.4, -0.2) is 70.9 Å². The first-order chi connectivity index (χ1) is 27.4. The Morgan fingerprint density at radius 3 is 1.97 bits per heavy atom. The molecule has 1 aliphatic heterocycles. The summed E-state index contributed by atoms with van der Waals surface area (Å²) >= 11 is 1.16. The first kappa shape index (κ1) is 43.5. The summed E-state index contributed by atoms with van der Waals surface area (Å²) < 4.78 is 44.3. The second-order valence-electron chi connectivity index (χ2n) is 15.6. The van der Waals surface area contributed by atoms with E-state index in [0.717, 1.165) is 11.8 Å². The van der Waals surface area contributed by atoms with Crippen LogP contribution in [0.25, 0.3) is 0 Å². The van der Waals surface area contributed by atoms with Gasteiger partial charge in [0.1, 0.15) is 34.3 Å². The van der Waals surface area contributed by atoms with Crippen LogP contribution in [0.3, 0.4) is 0 Å². The first-order valence-electron chi connectivity index (χ1n) is 18.6. The normalized spacial score (nSPS) is 16.4. The highest BCUT2D eigenvalue weighted by Gasteiger charge is 2.49. The van der Waals surface area contributed by atoms with Crippen LogP contribution < -0.4 is 20.3 Å². The smallest absolute Gasteiger partial charge is 0.331 e. The molecule has 306 valence electrons. The maximum atomic E-state index is 13.8. The summed E-state index contributed by atoms with van der Waals surface area (Å²) in [7, 11) is 0. The zero-order chi connectivity index (χ0) is 42.2. The molecule has 1 heterocycles. The van der Waals surface area contributed by atoms with E-state index < -0.39 is 70.6 Å². The van der Waals surface area contributed by atoms with Crippen LogP contribution in [0, 0.1) is 11.6 Å². The van der Waals surface area contributed by atoms with E-state index in [0.29, 0.717) is 28.1 Å². The molecule has 1 saturated heterocycles. The van der Waals surface area contributed by atoms with Crippen LogP contribution >= 0.6 is 11.8 Å². The van der Waals surface area contributed by atoms with Gasteiger partial charge >= 0.3 is 5.97 Å². The number of carbonyl (C=O) groups is 5. The summed E-state index contributed by atoms with van der Waals surface area (Å²) in [4.78, 5) is 68.0. The van der Waals surface area contributed by atoms with Crippen LogP contribution in [-0.2, 0) is 28.7 Å². The number of hydrogen-bond donors (Lipinski definition) is 2. The molecule has 2 N–H and O–H groups in total. The average Bonchev–Trinajstić information content (AvgIpc) is 3.17. The number of thioether (sulfide) groups is 1. The fraction of sp³-hybridized carbons (Fsp3) is 0.341. The van der Waals surface area contributed by atoms with Crippen molar-refractivity contribution < 1.29 is 47.0 Å². The summed E-state index contributed by atoms with van der Waals surface area (Å²) in [5.41, 5.74) is 0.525. The molecular formula is C44H47F2N3O8S. The van der Waals surface area contributed by atoms with Gasteiger partial charge in [-0.15, -0.1) is 11.8 Å². The fourth-order valence-electron chi connectivity index (χ4n) is 5.91. The second-order valence-corrected chi connectivity index (χ2v) is 16.7. The molecule has 0 spiro atoms. The average molecular weight is 816 g/mol. The molecule has 0 bridgehead atoms. The molecule has 2 unspecified atom stereocenters. The van der Waals surface area contributed by atoms with Crippen molar-refractivity contribution in [2.45, 2.75) is 76.1 Å². The van der Waals surface area contributed by atoms with Crippen LogP contribution in [0.5, 0.6) is 5.75 Å². The van der Waals surface area contributed by atoms with Gasteiger partial charge in [0.15, 0.2) is 18.4 Å². The first-order valence-corrected chi connectivity index (χ1v) is 19.7. The number of nitrogens with one attached hydrogen (secondary N) is 2. The Bertz CT molecular complexity index is 2070. The van der Waals surface area contributed by atoms with Crippen molar-refractivity contribution in [2.24, 2.45) is 0 Å². The fourth-order valence-corrected chi connectivity index (χ4v) is 7.13. The molecule has 1 fully saturated rings. The maximum Gasteiger partial charge on any atom is 0.331 e. The van der Waals surface area contributed by atoms with Crippen LogP contribution in [0.2, 0.25) is 0 Å². The standard InChI is InChI=1S/C44H47F2N3O8S/c1-43(2,3)56-24-34(42(54)57-44(4,5)6)47-40(52)37(28-10-8-7-9-11-28)48-36(51)25-55-33-22-14-29(15-23-33)38-39(41(53)49(38)32-20-18-31(46)19-21-32)58-26-35(50)27-12-16-30(45)17-13-27/h7-23,34,37-39H,24-26H2,1-6H3,(H,47,52)(H,48,51)/t34-,37-,38?,39?/m1/s1. The molecule has 11 nitrogen and oxygen atoms in total. The number of ketones is 1. The number of halogens is 2. The Morgan fingerprint density at radius 2 is 1.38 bits per heavy atom. The Hall–Kier alpha value is -5.60. The van der Waals surface area contributed by atoms with Crippen LogP contribution in [0.15, 0.2) is 103 Å². The number of hydrogen-bond acceptors (Lipinski definition) is 9. The van der Waals surface area contributed by atoms with Gasteiger partial charge in [-0.05, 0) is 113 Å². The lowest BCUT2D eigenvalue weighted by molar-refractivity contribution is -0.162. The molecule has 0 aliphatic carbocycles. The van der Waals surface area contributed by atoms with Gasteiger partial charge in [-0.2, -0.15) is 0 Å². The predicted octanol–water partition coefficient (Wildman–Crippen LogP) is 6.92. The monoisotopic (exact) mass is 815 g/mol. The molecule has 1 aliphatic rings. The minimum atomic E-state index is -1.20. The van der Waals surface area contributed by atoms with Crippen molar-refractivity contribution in [1.29, 1.82) is 0 Å². The largest absolute Gasteiger partial charge is 0.484 e. The molecule has 0 saturated carbocycles. The predicted molar refractivity (Wildman–Crippen MR) is 216 cm³/mol. The number of carbonyl (C=O) groups excluding carboxylic acids is 5. The van der Waals surface area contributed by atoms with Crippen LogP contribution in [0.1, 0.15) is 75.1 Å². The van der Waals surface area contributed by atoms with Gasteiger partial charge < -0.3 is 29.7 Å². The molecule has 4 aromatic rings. The number of ether oxygens (including phenoxy) is 3. The molecule has 14 heteroatoms. The Labute approximate surface area is 340 Å². The Kier molecular flexibility index (Phi) is 14.1. The van der Waals surface area contributed by atoms with Crippen molar-refractivity contribution in [3.05, 3.63) is 131 Å². The number of nitrogens with zero attached hydrogens (tertiary/aromatic N) is 1. The Balaban J connectivity index is 1.27. The molecule has 4 atom stereocenters. The number of anilines is 1. The Morgan fingerprint density at radius 1 is 0.776 bits per heavy atom. The van der Waals surface area contributed by atoms with Crippen LogP contribution in [0.4, 0.5) is 14.5 Å². The summed E-state index contributed by atoms with van der Waals surface area (Å²) in [5, 5.41) is 4.75. The van der Waals surface area contributed by atoms with E-state index in [1.54, 1.807) is 75.4 Å². The lowest BCUT2D eigenvalue weighted by Crippen LogP contribution is -2.57. The van der Waals surface area contributed by atoms with Crippen molar-refractivity contribution in [3.8, 4) is 5.75 Å². The quantitative estimate of drug-likeness (QED) is 0.0702. The molecule has 58 heavy (non-hydrogen) atoms. The summed E-state index contributed by atoms with van der Waals surface area (Å²) in [6.07, 6.45) is 0. The topological polar surface area (TPSA) is 140 Å². The number of β-lactam (4-membered cyclic amide) rings is 1. The highest BCUT2D eigenvalue weighted by molar-refractivity contribution is 8.01. The van der Waals surface area contributed by atoms with E-state index in [2.05, 4.69) is 10.6 Å². The minimum absolute atomic E-state index is 0.0273. The second kappa shape index (κ2) is 18.8. The van der Waals surface area contributed by atoms with Gasteiger partial charge in [0.25, 0.3) is 5.91 Å². The molecule has 5 rings (SSSR count). The highest BCUT2D eigenvalue weighted by Crippen LogP contribution is 2.45. The number of amides is 3. The lowest BCUT2D eigenvalue weighted by atomic mass is 9.92.